The van der Waals surface area contributed by atoms with Crippen molar-refractivity contribution < 1.29 is 4.79 Å². The van der Waals surface area contributed by atoms with Gasteiger partial charge < -0.3 is 19.8 Å². The van der Waals surface area contributed by atoms with Crippen LogP contribution in [0.2, 0.25) is 0 Å². The molecule has 2 N–H and O–H groups in total. The van der Waals surface area contributed by atoms with Gasteiger partial charge in [-0.25, -0.2) is 0 Å². The normalized spacial score (nSPS) is 18.9. The average molecular weight is 504 g/mol. The Morgan fingerprint density at radius 2 is 1.71 bits per heavy atom. The first-order valence-electron chi connectivity index (χ1n) is 13.7. The fourth-order valence-electron chi connectivity index (χ4n) is 6.58. The van der Waals surface area contributed by atoms with Crippen LogP contribution < -0.4 is 10.2 Å². The van der Waals surface area contributed by atoms with Gasteiger partial charge in [0.05, 0.1) is 6.04 Å². The fraction of sp³-hybridized carbons (Fsp3) is 0.281. The number of para-hydroxylation sites is 2. The van der Waals surface area contributed by atoms with Crippen molar-refractivity contribution in [3.8, 4) is 0 Å². The summed E-state index contributed by atoms with van der Waals surface area (Å²) in [6.07, 6.45) is 5.97. The Morgan fingerprint density at radius 1 is 0.895 bits per heavy atom. The number of nitrogens with zero attached hydrogens (tertiary/aromatic N) is 3. The molecule has 2 unspecified atom stereocenters. The van der Waals surface area contributed by atoms with E-state index in [1.54, 1.807) is 0 Å². The summed E-state index contributed by atoms with van der Waals surface area (Å²) < 4.78 is 2.08. The smallest absolute Gasteiger partial charge is 0.184 e. The molecule has 1 saturated heterocycles. The fourth-order valence-corrected chi connectivity index (χ4v) is 6.58. The molecule has 5 aromatic rings. The SMILES string of the molecule is Cn1cc(C(=O)C(C2CCc3ccccc3N2)N2CCN(c3cccc4[nH]ccc34)CC2)c2ccccc21. The predicted octanol–water partition coefficient (Wildman–Crippen LogP) is 5.46. The van der Waals surface area contributed by atoms with Gasteiger partial charge in [0.2, 0.25) is 0 Å². The Labute approximate surface area is 222 Å². The van der Waals surface area contributed by atoms with E-state index in [2.05, 4.69) is 85.3 Å². The molecule has 1 fully saturated rings. The lowest BCUT2D eigenvalue weighted by molar-refractivity contribution is 0.0773. The maximum Gasteiger partial charge on any atom is 0.184 e. The minimum atomic E-state index is -0.223. The second-order valence-corrected chi connectivity index (χ2v) is 10.7. The Kier molecular flexibility index (Phi) is 5.70. The van der Waals surface area contributed by atoms with Crippen LogP contribution in [0.25, 0.3) is 21.8 Å². The van der Waals surface area contributed by atoms with Crippen LogP contribution in [0.3, 0.4) is 0 Å². The number of aromatic nitrogens is 2. The Hall–Kier alpha value is -4.03. The highest BCUT2D eigenvalue weighted by Crippen LogP contribution is 2.32. The van der Waals surface area contributed by atoms with Crippen molar-refractivity contribution in [1.82, 2.24) is 14.5 Å². The number of fused-ring (bicyclic) bond motifs is 3. The lowest BCUT2D eigenvalue weighted by Crippen LogP contribution is -2.58. The van der Waals surface area contributed by atoms with E-state index in [1.807, 2.05) is 31.6 Å². The highest BCUT2D eigenvalue weighted by atomic mass is 16.1. The van der Waals surface area contributed by atoms with E-state index in [4.69, 9.17) is 0 Å². The van der Waals surface area contributed by atoms with E-state index >= 15 is 0 Å². The molecule has 0 aliphatic carbocycles. The molecule has 2 aliphatic rings. The van der Waals surface area contributed by atoms with Crippen molar-refractivity contribution in [2.75, 3.05) is 36.4 Å². The van der Waals surface area contributed by atoms with Gasteiger partial charge in [-0.2, -0.15) is 0 Å². The van der Waals surface area contributed by atoms with Crippen LogP contribution in [0.5, 0.6) is 0 Å². The highest BCUT2D eigenvalue weighted by Gasteiger charge is 2.38. The molecule has 3 aromatic carbocycles. The van der Waals surface area contributed by atoms with Crippen LogP contribution in [0.15, 0.2) is 85.2 Å². The van der Waals surface area contributed by atoms with E-state index in [0.29, 0.717) is 0 Å². The summed E-state index contributed by atoms with van der Waals surface area (Å²) >= 11 is 0. The largest absolute Gasteiger partial charge is 0.380 e. The Balaban J connectivity index is 1.21. The van der Waals surface area contributed by atoms with Gasteiger partial charge >= 0.3 is 0 Å². The molecule has 2 aliphatic heterocycles. The quantitative estimate of drug-likeness (QED) is 0.313. The summed E-state index contributed by atoms with van der Waals surface area (Å²) in [6.45, 7) is 3.49. The van der Waals surface area contributed by atoms with Crippen molar-refractivity contribution in [3.05, 3.63) is 96.3 Å². The van der Waals surface area contributed by atoms with Crippen LogP contribution in [0, 0.1) is 0 Å². The van der Waals surface area contributed by atoms with Gasteiger partial charge in [0, 0.05) is 90.4 Å². The number of hydrogen-bond donors (Lipinski definition) is 2. The molecule has 0 radical (unpaired) electrons. The van der Waals surface area contributed by atoms with Crippen molar-refractivity contribution in [1.29, 1.82) is 0 Å². The molecule has 6 nitrogen and oxygen atoms in total. The molecule has 4 heterocycles. The van der Waals surface area contributed by atoms with Crippen LogP contribution in [0.4, 0.5) is 11.4 Å². The van der Waals surface area contributed by atoms with Crippen molar-refractivity contribution in [3.63, 3.8) is 0 Å². The number of H-pyrrole nitrogens is 1. The number of nitrogens with one attached hydrogen (secondary N) is 2. The van der Waals surface area contributed by atoms with E-state index in [1.165, 1.54) is 22.2 Å². The first kappa shape index (κ1) is 23.1. The third kappa shape index (κ3) is 3.87. The first-order chi connectivity index (χ1) is 18.7. The van der Waals surface area contributed by atoms with Crippen molar-refractivity contribution in [2.45, 2.75) is 24.9 Å². The van der Waals surface area contributed by atoms with Gasteiger partial charge in [0.25, 0.3) is 0 Å². The number of piperazine rings is 1. The van der Waals surface area contributed by atoms with Gasteiger partial charge in [-0.1, -0.05) is 42.5 Å². The Morgan fingerprint density at radius 3 is 2.61 bits per heavy atom. The topological polar surface area (TPSA) is 56.3 Å². The maximum absolute atomic E-state index is 14.5. The van der Waals surface area contributed by atoms with Crippen LogP contribution in [-0.4, -0.2) is 58.5 Å². The summed E-state index contributed by atoms with van der Waals surface area (Å²) in [7, 11) is 2.03. The standard InChI is InChI=1S/C32H33N5O/c1-35-21-25(23-8-3-5-11-29(23)35)32(38)31(28-14-13-22-7-2-4-9-26(22)34-28)37-19-17-36(18-20-37)30-12-6-10-27-24(30)15-16-33-27/h2-12,15-16,21,28,31,33-34H,13-14,17-20H2,1H3. The third-order valence-corrected chi connectivity index (χ3v) is 8.52. The van der Waals surface area contributed by atoms with Gasteiger partial charge in [-0.3, -0.25) is 9.69 Å². The molecule has 6 heteroatoms. The number of ketones is 1. The molecule has 7 rings (SSSR count). The monoisotopic (exact) mass is 503 g/mol. The second-order valence-electron chi connectivity index (χ2n) is 10.7. The summed E-state index contributed by atoms with van der Waals surface area (Å²) in [5.74, 6) is 0.222. The zero-order chi connectivity index (χ0) is 25.6. The number of aryl methyl sites for hydroxylation is 2. The number of Topliss-reactive ketones (excluding diaryl/α,β-unsaturated/α-hetero) is 1. The minimum absolute atomic E-state index is 0.0658. The first-order valence-corrected chi connectivity index (χ1v) is 13.7. The number of hydrogen-bond acceptors (Lipinski definition) is 4. The Bertz CT molecular complexity index is 1620. The number of benzene rings is 3. The van der Waals surface area contributed by atoms with Crippen LogP contribution in [0.1, 0.15) is 22.3 Å². The second kappa shape index (κ2) is 9.37. The molecular weight excluding hydrogens is 470 g/mol. The predicted molar refractivity (Wildman–Crippen MR) is 155 cm³/mol. The van der Waals surface area contributed by atoms with Gasteiger partial charge in [-0.15, -0.1) is 0 Å². The van der Waals surface area contributed by atoms with E-state index < -0.39 is 0 Å². The van der Waals surface area contributed by atoms with Crippen LogP contribution >= 0.6 is 0 Å². The summed E-state index contributed by atoms with van der Waals surface area (Å²) in [5.41, 5.74) is 6.86. The molecule has 0 spiro atoms. The number of anilines is 2. The van der Waals surface area contributed by atoms with Crippen molar-refractivity contribution >= 4 is 39.0 Å². The highest BCUT2D eigenvalue weighted by molar-refractivity contribution is 6.11. The zero-order valence-corrected chi connectivity index (χ0v) is 21.7. The average Bonchev–Trinajstić information content (AvgIpc) is 3.58. The number of rotatable bonds is 5. The van der Waals surface area contributed by atoms with Gasteiger partial charge in [0.1, 0.15) is 0 Å². The van der Waals surface area contributed by atoms with E-state index in [-0.39, 0.29) is 17.9 Å². The lowest BCUT2D eigenvalue weighted by atomic mass is 9.88. The molecule has 2 aromatic heterocycles. The summed E-state index contributed by atoms with van der Waals surface area (Å²) in [4.78, 5) is 22.7. The lowest BCUT2D eigenvalue weighted by Gasteiger charge is -2.43. The molecule has 2 atom stereocenters. The van der Waals surface area contributed by atoms with Crippen molar-refractivity contribution in [2.24, 2.45) is 7.05 Å². The maximum atomic E-state index is 14.5. The minimum Gasteiger partial charge on any atom is -0.380 e. The summed E-state index contributed by atoms with van der Waals surface area (Å²) in [6, 6.07) is 25.2. The molecule has 192 valence electrons. The van der Waals surface area contributed by atoms with E-state index in [9.17, 15) is 4.79 Å². The number of carbonyl (C=O) groups excluding carboxylic acids is 1. The van der Waals surface area contributed by atoms with Crippen LogP contribution in [-0.2, 0) is 13.5 Å². The number of aromatic amines is 1. The molecule has 0 saturated carbocycles. The third-order valence-electron chi connectivity index (χ3n) is 8.52. The number of carbonyl (C=O) groups is 1. The molecule has 0 bridgehead atoms. The van der Waals surface area contributed by atoms with Gasteiger partial charge in [-0.05, 0) is 48.7 Å². The zero-order valence-electron chi connectivity index (χ0n) is 21.7. The van der Waals surface area contributed by atoms with Gasteiger partial charge in [0.15, 0.2) is 5.78 Å². The molecular formula is C32H33N5O. The molecule has 38 heavy (non-hydrogen) atoms. The molecule has 0 amide bonds. The summed E-state index contributed by atoms with van der Waals surface area (Å²) in [5, 5.41) is 6.08. The van der Waals surface area contributed by atoms with E-state index in [0.717, 1.165) is 61.2 Å².